The maximum absolute atomic E-state index is 13.6. The molecule has 0 amide bonds. The molecule has 0 fully saturated rings. The van der Waals surface area contributed by atoms with Crippen molar-refractivity contribution in [3.8, 4) is 11.3 Å². The molecule has 11 heteroatoms. The van der Waals surface area contributed by atoms with Gasteiger partial charge < -0.3 is 25.3 Å². The van der Waals surface area contributed by atoms with Crippen molar-refractivity contribution < 1.29 is 14.0 Å². The predicted molar refractivity (Wildman–Crippen MR) is 159 cm³/mol. The molecule has 0 radical (unpaired) electrons. The van der Waals surface area contributed by atoms with Crippen molar-refractivity contribution in [1.29, 1.82) is 5.41 Å². The molecule has 0 saturated heterocycles. The lowest BCUT2D eigenvalue weighted by Gasteiger charge is -2.21. The van der Waals surface area contributed by atoms with Crippen LogP contribution in [0.25, 0.3) is 22.3 Å². The molecule has 0 saturated carbocycles. The summed E-state index contributed by atoms with van der Waals surface area (Å²) >= 11 is 6.15. The van der Waals surface area contributed by atoms with Crippen LogP contribution in [0.5, 0.6) is 0 Å². The van der Waals surface area contributed by atoms with E-state index in [-0.39, 0.29) is 28.9 Å². The van der Waals surface area contributed by atoms with Crippen molar-refractivity contribution in [2.75, 3.05) is 24.7 Å². The van der Waals surface area contributed by atoms with Gasteiger partial charge in [0.05, 0.1) is 17.1 Å². The molecule has 4 N–H and O–H groups in total. The lowest BCUT2D eigenvalue weighted by molar-refractivity contribution is -0.132. The Morgan fingerprint density at radius 2 is 1.93 bits per heavy atom. The molecule has 2 aromatic carbocycles. The summed E-state index contributed by atoms with van der Waals surface area (Å²) in [6, 6.07) is 12.3. The van der Waals surface area contributed by atoms with Crippen LogP contribution in [0.2, 0.25) is 5.15 Å². The maximum atomic E-state index is 13.6. The number of carbonyl (C=O) groups is 1. The van der Waals surface area contributed by atoms with Crippen molar-refractivity contribution in [1.82, 2.24) is 10.5 Å². The first kappa shape index (κ1) is 28.3. The maximum Gasteiger partial charge on any atom is 0.320 e. The summed E-state index contributed by atoms with van der Waals surface area (Å²) in [5.41, 5.74) is 7.94. The minimum absolute atomic E-state index is 0.132. The number of nitrogens with zero attached hydrogens (tertiary/aromatic N) is 2. The van der Waals surface area contributed by atoms with E-state index in [4.69, 9.17) is 21.4 Å². The number of amidine groups is 1. The Bertz CT molecular complexity index is 1700. The molecule has 10 nitrogen and oxygen atoms in total. The van der Waals surface area contributed by atoms with Gasteiger partial charge in [0.15, 0.2) is 11.3 Å². The minimum Gasteiger partial charge on any atom is -0.455 e. The van der Waals surface area contributed by atoms with Crippen LogP contribution in [0.1, 0.15) is 40.9 Å². The highest BCUT2D eigenvalue weighted by molar-refractivity contribution is 6.29. The summed E-state index contributed by atoms with van der Waals surface area (Å²) in [5.74, 6) is 0.625. The fourth-order valence-electron chi connectivity index (χ4n) is 4.54. The highest BCUT2D eigenvalue weighted by Crippen LogP contribution is 2.33. The Kier molecular flexibility index (Phi) is 8.49. The van der Waals surface area contributed by atoms with Gasteiger partial charge in [0.2, 0.25) is 0 Å². The minimum atomic E-state index is -0.364. The van der Waals surface area contributed by atoms with Gasteiger partial charge >= 0.3 is 6.47 Å². The average Bonchev–Trinajstić information content (AvgIpc) is 2.96. The molecule has 0 aliphatic heterocycles. The Morgan fingerprint density at radius 1 is 1.18 bits per heavy atom. The number of hydrogen-bond donors (Lipinski definition) is 4. The normalized spacial score (nSPS) is 12.1. The van der Waals surface area contributed by atoms with Crippen LogP contribution in [0.3, 0.4) is 0 Å². The van der Waals surface area contributed by atoms with Gasteiger partial charge in [-0.15, -0.1) is 0 Å². The second-order valence-electron chi connectivity index (χ2n) is 9.10. The number of anilines is 2. The molecular formula is C29H29ClN6O4. The van der Waals surface area contributed by atoms with Crippen LogP contribution in [0.4, 0.5) is 11.4 Å². The summed E-state index contributed by atoms with van der Waals surface area (Å²) < 4.78 is 6.48. The molecule has 1 unspecified atom stereocenters. The number of aryl methyl sites for hydroxylation is 1. The van der Waals surface area contributed by atoms with Crippen LogP contribution in [-0.4, -0.2) is 37.6 Å². The summed E-state index contributed by atoms with van der Waals surface area (Å²) in [6.07, 6.45) is 1.26. The molecule has 2 heterocycles. The molecule has 206 valence electrons. The molecule has 0 aliphatic carbocycles. The van der Waals surface area contributed by atoms with Crippen molar-refractivity contribution >= 4 is 52.5 Å². The van der Waals surface area contributed by atoms with Gasteiger partial charge in [0, 0.05) is 48.3 Å². The van der Waals surface area contributed by atoms with Crippen molar-refractivity contribution in [2.24, 2.45) is 4.99 Å². The average molecular weight is 561 g/mol. The number of rotatable bonds is 9. The molecular weight excluding hydrogens is 532 g/mol. The first-order valence-corrected chi connectivity index (χ1v) is 12.8. The van der Waals surface area contributed by atoms with E-state index in [1.807, 2.05) is 44.2 Å². The van der Waals surface area contributed by atoms with Gasteiger partial charge in [-0.3, -0.25) is 14.6 Å². The highest BCUT2D eigenvalue weighted by Gasteiger charge is 2.21. The van der Waals surface area contributed by atoms with Gasteiger partial charge in [0.1, 0.15) is 22.2 Å². The third-order valence-corrected chi connectivity index (χ3v) is 6.69. The topological polar surface area (TPSA) is 142 Å². The Hall–Kier alpha value is -4.70. The summed E-state index contributed by atoms with van der Waals surface area (Å²) in [5, 5.41) is 15.0. The van der Waals surface area contributed by atoms with Gasteiger partial charge in [-0.2, -0.15) is 5.48 Å². The molecule has 0 bridgehead atoms. The third-order valence-electron chi connectivity index (χ3n) is 6.48. The van der Waals surface area contributed by atoms with Crippen LogP contribution in [-0.2, 0) is 9.63 Å². The summed E-state index contributed by atoms with van der Waals surface area (Å²) in [4.78, 5) is 37.4. The molecule has 1 atom stereocenters. The van der Waals surface area contributed by atoms with Crippen molar-refractivity contribution in [3.05, 3.63) is 85.8 Å². The smallest absolute Gasteiger partial charge is 0.320 e. The fraction of sp³-hybridized carbons (Fsp3) is 0.207. The number of hydroxylamine groups is 1. The van der Waals surface area contributed by atoms with Crippen molar-refractivity contribution in [2.45, 2.75) is 26.8 Å². The molecule has 0 spiro atoms. The number of nitrogens with one attached hydrogen (secondary N) is 4. The van der Waals surface area contributed by atoms with E-state index in [0.29, 0.717) is 44.8 Å². The summed E-state index contributed by atoms with van der Waals surface area (Å²) in [7, 11) is 3.31. The zero-order chi connectivity index (χ0) is 29.0. The van der Waals surface area contributed by atoms with Gasteiger partial charge in [-0.05, 0) is 62.7 Å². The number of hydrogen-bond acceptors (Lipinski definition) is 9. The highest BCUT2D eigenvalue weighted by atomic mass is 35.5. The molecule has 4 aromatic rings. The third kappa shape index (κ3) is 5.52. The lowest BCUT2D eigenvalue weighted by Crippen LogP contribution is -2.27. The van der Waals surface area contributed by atoms with Crippen LogP contribution in [0, 0.1) is 19.3 Å². The Labute approximate surface area is 235 Å². The van der Waals surface area contributed by atoms with E-state index < -0.39 is 0 Å². The van der Waals surface area contributed by atoms with Gasteiger partial charge in [-0.1, -0.05) is 17.7 Å². The van der Waals surface area contributed by atoms with Crippen molar-refractivity contribution in [3.63, 3.8) is 0 Å². The number of benzene rings is 2. The van der Waals surface area contributed by atoms with Gasteiger partial charge in [-0.25, -0.2) is 4.98 Å². The first-order valence-electron chi connectivity index (χ1n) is 12.4. The number of pyridine rings is 1. The number of aliphatic imine (C=N–C) groups is 1. The van der Waals surface area contributed by atoms with E-state index in [0.717, 1.165) is 16.8 Å². The molecule has 4 rings (SSSR count). The van der Waals surface area contributed by atoms with E-state index in [2.05, 4.69) is 30.9 Å². The van der Waals surface area contributed by atoms with E-state index in [1.54, 1.807) is 26.1 Å². The SMILES string of the molecule is CN=C(NOC=O)c1nc(Cl)ccc1NC(C)c1cc(C)cc2c(=O)c(C)c(-c3ccc(NC)c(C=N)c3)oc12. The number of aromatic nitrogens is 1. The van der Waals surface area contributed by atoms with Crippen LogP contribution in [0.15, 0.2) is 56.7 Å². The zero-order valence-corrected chi connectivity index (χ0v) is 23.4. The second-order valence-corrected chi connectivity index (χ2v) is 9.48. The predicted octanol–water partition coefficient (Wildman–Crippen LogP) is 5.39. The lowest BCUT2D eigenvalue weighted by atomic mass is 9.98. The standard InChI is InChI=1S/C29H29ClN6O4/c1-15-10-20(17(3)34-23-8-9-24(30)35-25(23)29(33-5)36-39-14-37)28-21(11-15)26(38)16(2)27(40-28)18-6-7-22(32-4)19(12-18)13-31/h6-14,17,31-32,34H,1-5H3,(H,33,36). The molecule has 2 aromatic heterocycles. The second kappa shape index (κ2) is 12.0. The number of fused-ring (bicyclic) bond motifs is 1. The van der Waals surface area contributed by atoms with E-state index in [9.17, 15) is 9.59 Å². The molecule has 40 heavy (non-hydrogen) atoms. The number of carbonyl (C=O) groups excluding carboxylic acids is 1. The molecule has 0 aliphatic rings. The van der Waals surface area contributed by atoms with Gasteiger partial charge in [0.25, 0.3) is 0 Å². The summed E-state index contributed by atoms with van der Waals surface area (Å²) in [6.45, 7) is 5.83. The first-order chi connectivity index (χ1) is 19.2. The van der Waals surface area contributed by atoms with E-state index >= 15 is 0 Å². The van der Waals surface area contributed by atoms with E-state index in [1.165, 1.54) is 13.3 Å². The largest absolute Gasteiger partial charge is 0.455 e. The monoisotopic (exact) mass is 560 g/mol. The van der Waals surface area contributed by atoms with Crippen LogP contribution >= 0.6 is 11.6 Å². The van der Waals surface area contributed by atoms with Crippen LogP contribution < -0.4 is 21.5 Å². The zero-order valence-electron chi connectivity index (χ0n) is 22.7. The quantitative estimate of drug-likeness (QED) is 0.0701. The Morgan fingerprint density at radius 3 is 2.60 bits per heavy atom. The number of halogens is 1. The fourth-order valence-corrected chi connectivity index (χ4v) is 4.69. The Balaban J connectivity index is 1.86.